The number of nitrogens with two attached hydrogens (primary N) is 1. The highest BCUT2D eigenvalue weighted by Gasteiger charge is 2.06. The molecule has 3 heteroatoms. The van der Waals surface area contributed by atoms with E-state index in [-0.39, 0.29) is 0 Å². The van der Waals surface area contributed by atoms with Crippen molar-refractivity contribution in [3.63, 3.8) is 0 Å². The highest BCUT2D eigenvalue weighted by Crippen LogP contribution is 2.34. The fourth-order valence-corrected chi connectivity index (χ4v) is 3.12. The van der Waals surface area contributed by atoms with Crippen molar-refractivity contribution >= 4 is 37.4 Å². The maximum Gasteiger partial charge on any atom is 0.0755 e. The Balaban J connectivity index is 2.81. The Hall–Kier alpha value is -0.380. The van der Waals surface area contributed by atoms with Gasteiger partial charge in [0.05, 0.1) is 3.79 Å². The number of fused-ring (bicyclic) bond motifs is 1. The van der Waals surface area contributed by atoms with Gasteiger partial charge in [-0.05, 0) is 32.9 Å². The van der Waals surface area contributed by atoms with Gasteiger partial charge in [-0.1, -0.05) is 18.2 Å². The molecular weight excluding hydrogens is 234 g/mol. The maximum absolute atomic E-state index is 5.64. The lowest BCUT2D eigenvalue weighted by molar-refractivity contribution is 1.09. The van der Waals surface area contributed by atoms with Gasteiger partial charge in [0.2, 0.25) is 0 Å². The molecule has 2 rings (SSSR count). The summed E-state index contributed by atoms with van der Waals surface area (Å²) in [5, 5.41) is 1.27. The van der Waals surface area contributed by atoms with E-state index in [2.05, 4.69) is 28.1 Å². The van der Waals surface area contributed by atoms with Gasteiger partial charge in [-0.15, -0.1) is 11.3 Å². The van der Waals surface area contributed by atoms with Crippen LogP contribution in [-0.4, -0.2) is 0 Å². The number of thiophene rings is 1. The Kier molecular flexibility index (Phi) is 2.17. The molecule has 0 atom stereocenters. The molecule has 62 valence electrons. The van der Waals surface area contributed by atoms with E-state index in [1.165, 1.54) is 15.6 Å². The Bertz CT molecular complexity index is 408. The van der Waals surface area contributed by atoms with Gasteiger partial charge in [-0.25, -0.2) is 0 Å². The third kappa shape index (κ3) is 1.18. The van der Waals surface area contributed by atoms with Crippen LogP contribution in [0.5, 0.6) is 0 Å². The molecule has 0 unspecified atom stereocenters. The number of rotatable bonds is 1. The van der Waals surface area contributed by atoms with Crippen LogP contribution in [0.3, 0.4) is 0 Å². The molecule has 0 radical (unpaired) electrons. The van der Waals surface area contributed by atoms with Gasteiger partial charge in [0, 0.05) is 11.2 Å². The van der Waals surface area contributed by atoms with Crippen LogP contribution < -0.4 is 5.73 Å². The minimum Gasteiger partial charge on any atom is -0.326 e. The lowest BCUT2D eigenvalue weighted by Crippen LogP contribution is -1.94. The summed E-state index contributed by atoms with van der Waals surface area (Å²) in [5.41, 5.74) is 6.86. The topological polar surface area (TPSA) is 26.0 Å². The zero-order chi connectivity index (χ0) is 8.55. The molecule has 0 fully saturated rings. The SMILES string of the molecule is NCc1c(Br)sc2ccccc12. The molecule has 2 aromatic rings. The third-order valence-corrected chi connectivity index (χ3v) is 3.82. The molecule has 0 aliphatic heterocycles. The zero-order valence-electron chi connectivity index (χ0n) is 6.38. The van der Waals surface area contributed by atoms with E-state index in [0.717, 1.165) is 3.79 Å². The first-order valence-electron chi connectivity index (χ1n) is 3.69. The monoisotopic (exact) mass is 241 g/mol. The van der Waals surface area contributed by atoms with Gasteiger partial charge >= 0.3 is 0 Å². The third-order valence-electron chi connectivity index (χ3n) is 1.85. The summed E-state index contributed by atoms with van der Waals surface area (Å²) in [7, 11) is 0. The highest BCUT2D eigenvalue weighted by atomic mass is 79.9. The van der Waals surface area contributed by atoms with Crippen LogP contribution in [0.2, 0.25) is 0 Å². The average Bonchev–Trinajstić information content (AvgIpc) is 2.40. The van der Waals surface area contributed by atoms with Crippen molar-refractivity contribution in [3.05, 3.63) is 33.6 Å². The van der Waals surface area contributed by atoms with Gasteiger partial charge in [0.1, 0.15) is 0 Å². The first-order chi connectivity index (χ1) is 5.83. The minimum absolute atomic E-state index is 0.602. The molecule has 0 saturated carbocycles. The molecule has 0 saturated heterocycles. The first-order valence-corrected chi connectivity index (χ1v) is 5.30. The van der Waals surface area contributed by atoms with Gasteiger partial charge in [0.15, 0.2) is 0 Å². The largest absolute Gasteiger partial charge is 0.326 e. The Morgan fingerprint density at radius 1 is 1.33 bits per heavy atom. The molecule has 1 aromatic carbocycles. The summed E-state index contributed by atoms with van der Waals surface area (Å²) in [5.74, 6) is 0. The van der Waals surface area contributed by atoms with Crippen molar-refractivity contribution in [2.75, 3.05) is 0 Å². The molecule has 0 aliphatic rings. The molecule has 1 aromatic heterocycles. The summed E-state index contributed by atoms with van der Waals surface area (Å²) >= 11 is 5.25. The molecular formula is C9H8BrNS. The second-order valence-electron chi connectivity index (χ2n) is 2.55. The quantitative estimate of drug-likeness (QED) is 0.816. The second kappa shape index (κ2) is 3.17. The summed E-state index contributed by atoms with van der Waals surface area (Å²) in [6.07, 6.45) is 0. The smallest absolute Gasteiger partial charge is 0.0755 e. The van der Waals surface area contributed by atoms with Gasteiger partial charge < -0.3 is 5.73 Å². The summed E-state index contributed by atoms with van der Waals surface area (Å²) in [6, 6.07) is 8.31. The van der Waals surface area contributed by atoms with E-state index < -0.39 is 0 Å². The molecule has 1 nitrogen and oxygen atoms in total. The number of benzene rings is 1. The van der Waals surface area contributed by atoms with Crippen molar-refractivity contribution in [2.24, 2.45) is 5.73 Å². The molecule has 1 heterocycles. The fourth-order valence-electron chi connectivity index (χ4n) is 1.26. The Morgan fingerprint density at radius 2 is 2.08 bits per heavy atom. The van der Waals surface area contributed by atoms with E-state index >= 15 is 0 Å². The fraction of sp³-hybridized carbons (Fsp3) is 0.111. The van der Waals surface area contributed by atoms with Crippen LogP contribution >= 0.6 is 27.3 Å². The molecule has 0 spiro atoms. The summed E-state index contributed by atoms with van der Waals surface area (Å²) in [6.45, 7) is 0.602. The van der Waals surface area contributed by atoms with E-state index in [1.807, 2.05) is 12.1 Å². The number of halogens is 1. The van der Waals surface area contributed by atoms with E-state index in [0.29, 0.717) is 6.54 Å². The van der Waals surface area contributed by atoms with Gasteiger partial charge in [0.25, 0.3) is 0 Å². The van der Waals surface area contributed by atoms with Crippen molar-refractivity contribution in [1.82, 2.24) is 0 Å². The van der Waals surface area contributed by atoms with Crippen LogP contribution in [0.15, 0.2) is 28.1 Å². The van der Waals surface area contributed by atoms with E-state index in [9.17, 15) is 0 Å². The average molecular weight is 242 g/mol. The molecule has 0 amide bonds. The van der Waals surface area contributed by atoms with Gasteiger partial charge in [-0.2, -0.15) is 0 Å². The predicted molar refractivity (Wildman–Crippen MR) is 57.4 cm³/mol. The standard InChI is InChI=1S/C9H8BrNS/c10-9-7(5-11)6-3-1-2-4-8(6)12-9/h1-4H,5,11H2. The summed E-state index contributed by atoms with van der Waals surface area (Å²) in [4.78, 5) is 0. The predicted octanol–water partition coefficient (Wildman–Crippen LogP) is 3.12. The van der Waals surface area contributed by atoms with Crippen LogP contribution in [0.1, 0.15) is 5.56 Å². The van der Waals surface area contributed by atoms with Crippen molar-refractivity contribution in [3.8, 4) is 0 Å². The van der Waals surface area contributed by atoms with Crippen LogP contribution in [-0.2, 0) is 6.54 Å². The minimum atomic E-state index is 0.602. The normalized spacial score (nSPS) is 10.8. The summed E-state index contributed by atoms with van der Waals surface area (Å²) < 4.78 is 2.45. The molecule has 0 bridgehead atoms. The first kappa shape index (κ1) is 8.23. The van der Waals surface area contributed by atoms with E-state index in [4.69, 9.17) is 5.73 Å². The molecule has 2 N–H and O–H groups in total. The van der Waals surface area contributed by atoms with E-state index in [1.54, 1.807) is 11.3 Å². The Labute approximate surface area is 83.3 Å². The number of hydrogen-bond donors (Lipinski definition) is 1. The van der Waals surface area contributed by atoms with Crippen LogP contribution in [0.4, 0.5) is 0 Å². The zero-order valence-corrected chi connectivity index (χ0v) is 8.78. The van der Waals surface area contributed by atoms with Crippen LogP contribution in [0, 0.1) is 0 Å². The second-order valence-corrected chi connectivity index (χ2v) is 4.92. The Morgan fingerprint density at radius 3 is 2.83 bits per heavy atom. The van der Waals surface area contributed by atoms with Crippen LogP contribution in [0.25, 0.3) is 10.1 Å². The molecule has 0 aliphatic carbocycles. The van der Waals surface area contributed by atoms with Crippen molar-refractivity contribution in [2.45, 2.75) is 6.54 Å². The maximum atomic E-state index is 5.64. The number of hydrogen-bond acceptors (Lipinski definition) is 2. The van der Waals surface area contributed by atoms with Gasteiger partial charge in [-0.3, -0.25) is 0 Å². The lowest BCUT2D eigenvalue weighted by Gasteiger charge is -1.93. The lowest BCUT2D eigenvalue weighted by atomic mass is 10.2. The van der Waals surface area contributed by atoms with Crippen molar-refractivity contribution < 1.29 is 0 Å². The molecule has 12 heavy (non-hydrogen) atoms. The highest BCUT2D eigenvalue weighted by molar-refractivity contribution is 9.11. The van der Waals surface area contributed by atoms with Crippen molar-refractivity contribution in [1.29, 1.82) is 0 Å².